The molecule has 0 saturated carbocycles. The molecule has 0 unspecified atom stereocenters. The second kappa shape index (κ2) is 6.86. The summed E-state index contributed by atoms with van der Waals surface area (Å²) in [6.45, 7) is 0. The van der Waals surface area contributed by atoms with Gasteiger partial charge in [-0.3, -0.25) is 18.9 Å². The van der Waals surface area contributed by atoms with Gasteiger partial charge in [0.1, 0.15) is 5.56 Å². The number of hydrogen-bond donors (Lipinski definition) is 1. The first kappa shape index (κ1) is 17.8. The zero-order chi connectivity index (χ0) is 19.1. The number of thioether (sulfide) groups is 1. The molecule has 8 heteroatoms. The van der Waals surface area contributed by atoms with Gasteiger partial charge in [0.25, 0.3) is 5.56 Å². The Morgan fingerprint density at radius 1 is 1.11 bits per heavy atom. The Balaban J connectivity index is 1.96. The van der Waals surface area contributed by atoms with Crippen LogP contribution in [-0.2, 0) is 14.1 Å². The van der Waals surface area contributed by atoms with Gasteiger partial charge in [0.05, 0.1) is 11.4 Å². The average Bonchev–Trinajstić information content (AvgIpc) is 3.13. The number of aromatic nitrogens is 2. The number of aromatic hydroxyl groups is 1. The molecule has 4 rings (SSSR count). The van der Waals surface area contributed by atoms with Crippen molar-refractivity contribution in [2.75, 3.05) is 0 Å². The maximum Gasteiger partial charge on any atom is 0.333 e. The molecule has 1 aliphatic rings. The number of fused-ring (bicyclic) bond motifs is 1. The van der Waals surface area contributed by atoms with Crippen LogP contribution in [0.5, 0.6) is 5.88 Å². The van der Waals surface area contributed by atoms with Gasteiger partial charge in [0.15, 0.2) is 0 Å². The smallest absolute Gasteiger partial charge is 0.333 e. The summed E-state index contributed by atoms with van der Waals surface area (Å²) >= 11 is 3.34. The van der Waals surface area contributed by atoms with E-state index in [-0.39, 0.29) is 16.7 Å². The van der Waals surface area contributed by atoms with E-state index in [9.17, 15) is 14.7 Å². The van der Waals surface area contributed by atoms with Crippen molar-refractivity contribution in [2.24, 2.45) is 19.1 Å². The summed E-state index contributed by atoms with van der Waals surface area (Å²) in [5, 5.41) is 12.6. The van der Waals surface area contributed by atoms with Crippen molar-refractivity contribution < 1.29 is 5.11 Å². The molecule has 0 spiro atoms. The normalized spacial score (nSPS) is 16.5. The Bertz CT molecular complexity index is 1160. The molecule has 2 aromatic heterocycles. The Labute approximate surface area is 163 Å². The number of aliphatic imine (C=N–C) groups is 1. The zero-order valence-corrected chi connectivity index (χ0v) is 16.4. The van der Waals surface area contributed by atoms with Gasteiger partial charge in [-0.2, -0.15) is 0 Å². The van der Waals surface area contributed by atoms with Gasteiger partial charge in [-0.15, -0.1) is 23.1 Å². The Hall–Kier alpha value is -2.58. The minimum atomic E-state index is -0.569. The predicted octanol–water partition coefficient (Wildman–Crippen LogP) is 3.21. The van der Waals surface area contributed by atoms with Crippen LogP contribution in [0.4, 0.5) is 5.69 Å². The van der Waals surface area contributed by atoms with E-state index < -0.39 is 11.2 Å². The van der Waals surface area contributed by atoms with Crippen LogP contribution >= 0.6 is 23.1 Å². The zero-order valence-electron chi connectivity index (χ0n) is 14.7. The lowest BCUT2D eigenvalue weighted by atomic mass is 10.1. The van der Waals surface area contributed by atoms with Gasteiger partial charge in [-0.1, -0.05) is 18.2 Å². The fourth-order valence-electron chi connectivity index (χ4n) is 3.09. The van der Waals surface area contributed by atoms with Gasteiger partial charge >= 0.3 is 5.69 Å². The minimum absolute atomic E-state index is 0.0636. The van der Waals surface area contributed by atoms with Crippen LogP contribution < -0.4 is 11.2 Å². The monoisotopic (exact) mass is 399 g/mol. The highest BCUT2D eigenvalue weighted by molar-refractivity contribution is 7.99. The Morgan fingerprint density at radius 2 is 1.89 bits per heavy atom. The molecule has 1 N–H and O–H groups in total. The quantitative estimate of drug-likeness (QED) is 0.718. The van der Waals surface area contributed by atoms with E-state index in [0.29, 0.717) is 12.1 Å². The molecule has 3 aromatic rings. The number of para-hydroxylation sites is 1. The first-order valence-corrected chi connectivity index (χ1v) is 10.1. The standard InChI is InChI=1S/C19H17N3O3S2/c1-21-17(23)16(18(24)22(2)19(21)25)12-10-15(14-8-5-9-26-14)27-13-7-4-3-6-11(13)20-12/h3-9,15,23H,10H2,1-2H3/t15-/m0/s1. The van der Waals surface area contributed by atoms with Gasteiger partial charge in [-0.05, 0) is 23.6 Å². The molecule has 0 fully saturated rings. The van der Waals surface area contributed by atoms with Crippen LogP contribution in [0.2, 0.25) is 0 Å². The van der Waals surface area contributed by atoms with Crippen LogP contribution in [0.3, 0.4) is 0 Å². The molecule has 0 amide bonds. The molecule has 1 atom stereocenters. The first-order valence-electron chi connectivity index (χ1n) is 8.33. The number of benzene rings is 1. The second-order valence-corrected chi connectivity index (χ2v) is 8.48. The molecule has 0 radical (unpaired) electrons. The van der Waals surface area contributed by atoms with Gasteiger partial charge in [-0.25, -0.2) is 4.79 Å². The van der Waals surface area contributed by atoms with E-state index in [2.05, 4.69) is 6.07 Å². The maximum atomic E-state index is 12.8. The molecular formula is C19H17N3O3S2. The number of thiophene rings is 1. The lowest BCUT2D eigenvalue weighted by molar-refractivity contribution is 0.410. The van der Waals surface area contributed by atoms with Crippen molar-refractivity contribution in [3.8, 4) is 5.88 Å². The molecule has 1 aromatic carbocycles. The summed E-state index contributed by atoms with van der Waals surface area (Å²) < 4.78 is 2.07. The molecule has 0 bridgehead atoms. The summed E-state index contributed by atoms with van der Waals surface area (Å²) in [5.41, 5.74) is 0.216. The maximum absolute atomic E-state index is 12.8. The van der Waals surface area contributed by atoms with E-state index in [1.54, 1.807) is 23.1 Å². The van der Waals surface area contributed by atoms with Crippen molar-refractivity contribution in [2.45, 2.75) is 16.6 Å². The lowest BCUT2D eigenvalue weighted by Gasteiger charge is -2.15. The molecule has 0 saturated heterocycles. The van der Waals surface area contributed by atoms with E-state index in [1.807, 2.05) is 35.7 Å². The average molecular weight is 399 g/mol. The van der Waals surface area contributed by atoms with E-state index in [1.165, 1.54) is 19.0 Å². The third kappa shape index (κ3) is 3.04. The van der Waals surface area contributed by atoms with E-state index in [4.69, 9.17) is 4.99 Å². The van der Waals surface area contributed by atoms with Gasteiger partial charge in [0, 0.05) is 35.5 Å². The van der Waals surface area contributed by atoms with Gasteiger partial charge < -0.3 is 5.11 Å². The first-order chi connectivity index (χ1) is 13.0. The molecule has 6 nitrogen and oxygen atoms in total. The van der Waals surface area contributed by atoms with E-state index >= 15 is 0 Å². The summed E-state index contributed by atoms with van der Waals surface area (Å²) in [4.78, 5) is 31.8. The highest BCUT2D eigenvalue weighted by Crippen LogP contribution is 2.46. The van der Waals surface area contributed by atoms with Crippen molar-refractivity contribution in [3.05, 3.63) is 73.1 Å². The Morgan fingerprint density at radius 3 is 2.63 bits per heavy atom. The predicted molar refractivity (Wildman–Crippen MR) is 109 cm³/mol. The summed E-state index contributed by atoms with van der Waals surface area (Å²) in [5.74, 6) is -0.351. The number of nitrogens with zero attached hydrogens (tertiary/aromatic N) is 3. The van der Waals surface area contributed by atoms with Crippen LogP contribution in [0.25, 0.3) is 0 Å². The minimum Gasteiger partial charge on any atom is -0.494 e. The highest BCUT2D eigenvalue weighted by atomic mass is 32.2. The van der Waals surface area contributed by atoms with Crippen molar-refractivity contribution in [3.63, 3.8) is 0 Å². The Kier molecular flexibility index (Phi) is 4.53. The second-order valence-electron chi connectivity index (χ2n) is 6.26. The van der Waals surface area contributed by atoms with Crippen LogP contribution in [0.15, 0.2) is 61.3 Å². The topological polar surface area (TPSA) is 76.6 Å². The van der Waals surface area contributed by atoms with Gasteiger partial charge in [0.2, 0.25) is 5.88 Å². The largest absolute Gasteiger partial charge is 0.494 e. The fourth-order valence-corrected chi connectivity index (χ4v) is 5.24. The molecular weight excluding hydrogens is 382 g/mol. The molecule has 3 heterocycles. The number of hydrogen-bond acceptors (Lipinski definition) is 6. The highest BCUT2D eigenvalue weighted by Gasteiger charge is 2.27. The lowest BCUT2D eigenvalue weighted by Crippen LogP contribution is -2.40. The van der Waals surface area contributed by atoms with Crippen LogP contribution in [-0.4, -0.2) is 20.0 Å². The molecule has 0 aliphatic carbocycles. The van der Waals surface area contributed by atoms with Crippen LogP contribution in [0.1, 0.15) is 22.1 Å². The SMILES string of the molecule is Cn1c(O)c(C2=Nc3ccccc3S[C@H](c3cccs3)C2)c(=O)n(C)c1=O. The summed E-state index contributed by atoms with van der Waals surface area (Å²) in [6.07, 6.45) is 0.473. The summed E-state index contributed by atoms with van der Waals surface area (Å²) in [7, 11) is 2.85. The molecule has 1 aliphatic heterocycles. The van der Waals surface area contributed by atoms with Crippen molar-refractivity contribution >= 4 is 34.5 Å². The van der Waals surface area contributed by atoms with E-state index in [0.717, 1.165) is 19.7 Å². The number of rotatable bonds is 2. The van der Waals surface area contributed by atoms with Crippen molar-refractivity contribution in [1.82, 2.24) is 9.13 Å². The summed E-state index contributed by atoms with van der Waals surface area (Å²) in [6, 6.07) is 11.8. The molecule has 138 valence electrons. The van der Waals surface area contributed by atoms with Crippen LogP contribution in [0, 0.1) is 0 Å². The fraction of sp³-hybridized carbons (Fsp3) is 0.211. The molecule has 27 heavy (non-hydrogen) atoms. The third-order valence-electron chi connectivity index (χ3n) is 4.55. The third-order valence-corrected chi connectivity index (χ3v) is 6.99. The van der Waals surface area contributed by atoms with Crippen molar-refractivity contribution in [1.29, 1.82) is 0 Å².